The summed E-state index contributed by atoms with van der Waals surface area (Å²) < 4.78 is 40.6. The first-order valence-corrected chi connectivity index (χ1v) is 14.5. The number of carbonyl (C=O) groups excluding carboxylic acids is 1. The summed E-state index contributed by atoms with van der Waals surface area (Å²) in [6.07, 6.45) is 2.93. The first-order valence-electron chi connectivity index (χ1n) is 12.0. The molecule has 1 aromatic heterocycles. The van der Waals surface area contributed by atoms with E-state index >= 15 is 0 Å². The lowest BCUT2D eigenvalue weighted by atomic mass is 10.2. The van der Waals surface area contributed by atoms with E-state index in [9.17, 15) is 13.2 Å². The van der Waals surface area contributed by atoms with E-state index in [4.69, 9.17) is 9.47 Å². The third kappa shape index (κ3) is 6.23. The maximum atomic E-state index is 13.2. The second kappa shape index (κ2) is 11.8. The van der Waals surface area contributed by atoms with Gasteiger partial charge in [0.15, 0.2) is 11.0 Å². The molecule has 1 amide bonds. The zero-order valence-corrected chi connectivity index (χ0v) is 21.8. The number of benzene rings is 1. The number of ether oxygens (including phenoxy) is 2. The van der Waals surface area contributed by atoms with Crippen molar-refractivity contribution in [2.75, 3.05) is 45.2 Å². The number of hydrogen-bond acceptors (Lipinski definition) is 8. The summed E-state index contributed by atoms with van der Waals surface area (Å²) in [7, 11) is -3.63. The van der Waals surface area contributed by atoms with Crippen molar-refractivity contribution in [3.8, 4) is 11.4 Å². The Morgan fingerprint density at radius 2 is 2.06 bits per heavy atom. The molecule has 4 rings (SSSR count). The minimum atomic E-state index is -3.63. The summed E-state index contributed by atoms with van der Waals surface area (Å²) in [4.78, 5) is 12.6. The van der Waals surface area contributed by atoms with Crippen LogP contribution in [0.1, 0.15) is 39.2 Å². The largest absolute Gasteiger partial charge is 0.379 e. The first-order chi connectivity index (χ1) is 16.9. The Labute approximate surface area is 210 Å². The second-order valence-electron chi connectivity index (χ2n) is 8.71. The Bertz CT molecular complexity index is 1110. The molecule has 1 aromatic carbocycles. The number of nitrogens with one attached hydrogen (secondary N) is 1. The molecule has 2 atom stereocenters. The van der Waals surface area contributed by atoms with Crippen LogP contribution < -0.4 is 5.32 Å². The van der Waals surface area contributed by atoms with Crippen molar-refractivity contribution in [1.29, 1.82) is 0 Å². The minimum Gasteiger partial charge on any atom is -0.379 e. The van der Waals surface area contributed by atoms with E-state index in [0.29, 0.717) is 49.4 Å². The van der Waals surface area contributed by atoms with E-state index in [2.05, 4.69) is 29.4 Å². The predicted molar refractivity (Wildman–Crippen MR) is 133 cm³/mol. The predicted octanol–water partition coefficient (Wildman–Crippen LogP) is 2.32. The van der Waals surface area contributed by atoms with Crippen LogP contribution in [0.4, 0.5) is 0 Å². The lowest BCUT2D eigenvalue weighted by Gasteiger charge is -2.26. The quantitative estimate of drug-likeness (QED) is 0.472. The third-order valence-electron chi connectivity index (χ3n) is 6.28. The van der Waals surface area contributed by atoms with E-state index in [1.165, 1.54) is 16.1 Å². The van der Waals surface area contributed by atoms with Gasteiger partial charge >= 0.3 is 0 Å². The maximum Gasteiger partial charge on any atom is 0.243 e. The van der Waals surface area contributed by atoms with Gasteiger partial charge < -0.3 is 14.8 Å². The summed E-state index contributed by atoms with van der Waals surface area (Å²) in [6.45, 7) is 6.86. The van der Waals surface area contributed by atoms with Crippen molar-refractivity contribution in [2.45, 2.75) is 55.3 Å². The molecule has 0 spiro atoms. The molecule has 2 fully saturated rings. The molecular formula is C23H33N5O5S2. The van der Waals surface area contributed by atoms with E-state index in [1.54, 1.807) is 18.2 Å². The van der Waals surface area contributed by atoms with E-state index in [1.807, 2.05) is 10.6 Å². The number of morpholine rings is 1. The van der Waals surface area contributed by atoms with Crippen LogP contribution in [0.15, 0.2) is 34.3 Å². The highest BCUT2D eigenvalue weighted by Gasteiger charge is 2.27. The van der Waals surface area contributed by atoms with Gasteiger partial charge in [0.1, 0.15) is 0 Å². The second-order valence-corrected chi connectivity index (χ2v) is 11.6. The highest BCUT2D eigenvalue weighted by molar-refractivity contribution is 7.99. The van der Waals surface area contributed by atoms with E-state index in [-0.39, 0.29) is 28.7 Å². The summed E-state index contributed by atoms with van der Waals surface area (Å²) >= 11 is 1.33. The molecule has 1 N–H and O–H groups in total. The maximum absolute atomic E-state index is 13.2. The highest BCUT2D eigenvalue weighted by Crippen LogP contribution is 2.30. The van der Waals surface area contributed by atoms with Crippen molar-refractivity contribution in [1.82, 2.24) is 24.4 Å². The van der Waals surface area contributed by atoms with Gasteiger partial charge in [-0.25, -0.2) is 8.42 Å². The molecule has 0 aliphatic carbocycles. The van der Waals surface area contributed by atoms with Gasteiger partial charge in [-0.3, -0.25) is 9.36 Å². The molecule has 2 aromatic rings. The molecule has 0 radical (unpaired) electrons. The van der Waals surface area contributed by atoms with Crippen LogP contribution in [0.2, 0.25) is 0 Å². The topological polar surface area (TPSA) is 116 Å². The standard InChI is InChI=1S/C23H33N5O5S2/c1-3-17(2)28-22(25-26-23(28)34-16-21(29)24-15-19-7-5-11-33-19)18-6-4-8-20(14-18)35(30,31)27-9-12-32-13-10-27/h4,6,8,14,17,19H,3,5,7,9-13,15-16H2,1-2H3,(H,24,29)/t17-,19-/m1/s1. The molecule has 10 nitrogen and oxygen atoms in total. The third-order valence-corrected chi connectivity index (χ3v) is 9.12. The Hall–Kier alpha value is -1.99. The number of amides is 1. The minimum absolute atomic E-state index is 0.0666. The molecule has 2 aliphatic rings. The lowest BCUT2D eigenvalue weighted by molar-refractivity contribution is -0.119. The number of aromatic nitrogens is 3. The van der Waals surface area contributed by atoms with Gasteiger partial charge in [0.2, 0.25) is 15.9 Å². The molecule has 0 unspecified atom stereocenters. The van der Waals surface area contributed by atoms with Gasteiger partial charge in [0.25, 0.3) is 0 Å². The van der Waals surface area contributed by atoms with Gasteiger partial charge in [-0.15, -0.1) is 10.2 Å². The van der Waals surface area contributed by atoms with Crippen LogP contribution in [0.5, 0.6) is 0 Å². The van der Waals surface area contributed by atoms with Crippen LogP contribution in [-0.2, 0) is 24.3 Å². The normalized spacial score (nSPS) is 20.1. The summed E-state index contributed by atoms with van der Waals surface area (Å²) in [5, 5.41) is 12.3. The summed E-state index contributed by atoms with van der Waals surface area (Å²) in [5.74, 6) is 0.720. The average Bonchev–Trinajstić information content (AvgIpc) is 3.56. The molecule has 192 valence electrons. The number of hydrogen-bond donors (Lipinski definition) is 1. The molecule has 2 saturated heterocycles. The number of thioether (sulfide) groups is 1. The molecule has 35 heavy (non-hydrogen) atoms. The lowest BCUT2D eigenvalue weighted by Crippen LogP contribution is -2.40. The SMILES string of the molecule is CC[C@@H](C)n1c(SCC(=O)NC[C@H]2CCCO2)nnc1-c1cccc(S(=O)(=O)N2CCOCC2)c1. The van der Waals surface area contributed by atoms with E-state index in [0.717, 1.165) is 25.9 Å². The number of carbonyl (C=O) groups is 1. The molecule has 0 bridgehead atoms. The molecule has 0 saturated carbocycles. The highest BCUT2D eigenvalue weighted by atomic mass is 32.2. The van der Waals surface area contributed by atoms with Crippen LogP contribution in [-0.4, -0.2) is 84.7 Å². The molecular weight excluding hydrogens is 490 g/mol. The molecule has 3 heterocycles. The van der Waals surface area contributed by atoms with Gasteiger partial charge in [0, 0.05) is 37.8 Å². The Kier molecular flexibility index (Phi) is 8.82. The Morgan fingerprint density at radius 3 is 2.77 bits per heavy atom. The summed E-state index contributed by atoms with van der Waals surface area (Å²) in [6, 6.07) is 6.88. The van der Waals surface area contributed by atoms with Gasteiger partial charge in [-0.1, -0.05) is 30.8 Å². The van der Waals surface area contributed by atoms with Gasteiger partial charge in [-0.05, 0) is 38.3 Å². The fraction of sp³-hybridized carbons (Fsp3) is 0.609. The molecule has 12 heteroatoms. The van der Waals surface area contributed by atoms with Crippen LogP contribution in [0.3, 0.4) is 0 Å². The van der Waals surface area contributed by atoms with Crippen LogP contribution in [0.25, 0.3) is 11.4 Å². The van der Waals surface area contributed by atoms with E-state index < -0.39 is 10.0 Å². The van der Waals surface area contributed by atoms with Crippen molar-refractivity contribution in [3.63, 3.8) is 0 Å². The first kappa shape index (κ1) is 26.1. The average molecular weight is 524 g/mol. The number of nitrogens with zero attached hydrogens (tertiary/aromatic N) is 4. The summed E-state index contributed by atoms with van der Waals surface area (Å²) in [5.41, 5.74) is 0.668. The zero-order chi connectivity index (χ0) is 24.8. The van der Waals surface area contributed by atoms with Crippen LogP contribution in [0, 0.1) is 0 Å². The smallest absolute Gasteiger partial charge is 0.243 e. The van der Waals surface area contributed by atoms with Crippen molar-refractivity contribution >= 4 is 27.7 Å². The number of sulfonamides is 1. The van der Waals surface area contributed by atoms with Crippen LogP contribution >= 0.6 is 11.8 Å². The molecule has 2 aliphatic heterocycles. The Morgan fingerprint density at radius 1 is 1.26 bits per heavy atom. The van der Waals surface area contributed by atoms with Gasteiger partial charge in [-0.2, -0.15) is 4.31 Å². The van der Waals surface area contributed by atoms with Crippen molar-refractivity contribution in [2.24, 2.45) is 0 Å². The fourth-order valence-corrected chi connectivity index (χ4v) is 6.42. The Balaban J connectivity index is 1.51. The van der Waals surface area contributed by atoms with Crippen molar-refractivity contribution < 1.29 is 22.7 Å². The van der Waals surface area contributed by atoms with Gasteiger partial charge in [0.05, 0.1) is 30.0 Å². The number of rotatable bonds is 10. The van der Waals surface area contributed by atoms with Crippen molar-refractivity contribution in [3.05, 3.63) is 24.3 Å². The monoisotopic (exact) mass is 523 g/mol. The zero-order valence-electron chi connectivity index (χ0n) is 20.2. The fourth-order valence-electron chi connectivity index (χ4n) is 4.10.